The topological polar surface area (TPSA) is 130 Å². The highest BCUT2D eigenvalue weighted by molar-refractivity contribution is 6.07. The van der Waals surface area contributed by atoms with Crippen LogP contribution in [-0.2, 0) is 19.3 Å². The molecule has 5 aromatic rings. The van der Waals surface area contributed by atoms with Crippen molar-refractivity contribution in [1.82, 2.24) is 24.7 Å². The molecule has 0 saturated carbocycles. The van der Waals surface area contributed by atoms with E-state index in [0.717, 1.165) is 54.0 Å². The third-order valence-electron chi connectivity index (χ3n) is 7.02. The van der Waals surface area contributed by atoms with Gasteiger partial charge in [0.1, 0.15) is 17.1 Å². The van der Waals surface area contributed by atoms with Gasteiger partial charge in [-0.05, 0) is 97.0 Å². The molecular formula is C31H29N7O3. The number of amides is 1. The Morgan fingerprint density at radius 3 is 2.61 bits per heavy atom. The van der Waals surface area contributed by atoms with Crippen LogP contribution < -0.4 is 20.5 Å². The van der Waals surface area contributed by atoms with E-state index < -0.39 is 0 Å². The van der Waals surface area contributed by atoms with Crippen molar-refractivity contribution >= 4 is 17.4 Å². The van der Waals surface area contributed by atoms with Gasteiger partial charge in [0.25, 0.3) is 11.9 Å². The lowest BCUT2D eigenvalue weighted by Crippen LogP contribution is -2.13. The van der Waals surface area contributed by atoms with Crippen molar-refractivity contribution in [2.75, 3.05) is 24.8 Å². The normalized spacial score (nSPS) is 11.8. The lowest BCUT2D eigenvalue weighted by atomic mass is 9.90. The third kappa shape index (κ3) is 5.72. The molecule has 41 heavy (non-hydrogen) atoms. The minimum absolute atomic E-state index is 0.0862. The summed E-state index contributed by atoms with van der Waals surface area (Å²) in [5.74, 6) is 1.59. The van der Waals surface area contributed by atoms with Gasteiger partial charge in [-0.15, -0.1) is 5.10 Å². The first-order chi connectivity index (χ1) is 20.1. The average Bonchev–Trinajstić information content (AvgIpc) is 3.41. The van der Waals surface area contributed by atoms with Crippen molar-refractivity contribution in [3.63, 3.8) is 0 Å². The Kier molecular flexibility index (Phi) is 7.27. The van der Waals surface area contributed by atoms with E-state index in [1.807, 2.05) is 48.7 Å². The maximum absolute atomic E-state index is 13.0. The number of methoxy groups -OCH3 is 1. The van der Waals surface area contributed by atoms with Crippen LogP contribution in [0.4, 0.5) is 11.5 Å². The smallest absolute Gasteiger partial charge is 0.261 e. The molecule has 0 bridgehead atoms. The van der Waals surface area contributed by atoms with Crippen LogP contribution in [0.5, 0.6) is 11.5 Å². The number of hydrogen-bond donors (Lipinski definition) is 2. The number of nitrogens with zero attached hydrogens (tertiary/aromatic N) is 5. The number of ether oxygens (including phenoxy) is 2. The number of carbonyl (C=O) groups excluding carboxylic acids is 1. The highest BCUT2D eigenvalue weighted by Crippen LogP contribution is 2.34. The molecule has 3 aromatic heterocycles. The molecule has 0 fully saturated rings. The van der Waals surface area contributed by atoms with Crippen LogP contribution in [0.15, 0.2) is 79.4 Å². The molecular weight excluding hydrogens is 518 g/mol. The van der Waals surface area contributed by atoms with Gasteiger partial charge in [-0.1, -0.05) is 0 Å². The van der Waals surface area contributed by atoms with Gasteiger partial charge < -0.3 is 20.5 Å². The van der Waals surface area contributed by atoms with E-state index in [1.54, 1.807) is 37.8 Å². The zero-order valence-corrected chi connectivity index (χ0v) is 22.6. The molecule has 0 spiro atoms. The summed E-state index contributed by atoms with van der Waals surface area (Å²) in [6.07, 6.45) is 10.5. The molecule has 0 unspecified atom stereocenters. The Hall–Kier alpha value is -5.25. The molecule has 1 aliphatic rings. The van der Waals surface area contributed by atoms with E-state index in [2.05, 4.69) is 20.4 Å². The predicted octanol–water partition coefficient (Wildman–Crippen LogP) is 4.68. The number of aromatic nitrogens is 5. The highest BCUT2D eigenvalue weighted by atomic mass is 16.5. The molecule has 10 nitrogen and oxygen atoms in total. The molecule has 0 radical (unpaired) electrons. The lowest BCUT2D eigenvalue weighted by molar-refractivity contribution is 0.102. The number of benzene rings is 2. The SMILES string of the molecule is COc1ccc2c(c1)CCc1cnc(-n3cc(C(=O)Nc4ccc(OCCCc5ccncc5)cc4)c(N)n3)nc1-2. The van der Waals surface area contributed by atoms with E-state index in [0.29, 0.717) is 18.2 Å². The van der Waals surface area contributed by atoms with Crippen LogP contribution in [0.2, 0.25) is 0 Å². The van der Waals surface area contributed by atoms with Crippen molar-refractivity contribution in [3.8, 4) is 28.7 Å². The maximum Gasteiger partial charge on any atom is 0.261 e. The first-order valence-corrected chi connectivity index (χ1v) is 13.4. The summed E-state index contributed by atoms with van der Waals surface area (Å²) < 4.78 is 12.6. The first kappa shape index (κ1) is 26.0. The number of anilines is 2. The van der Waals surface area contributed by atoms with Crippen LogP contribution in [0, 0.1) is 0 Å². The minimum Gasteiger partial charge on any atom is -0.497 e. The van der Waals surface area contributed by atoms with Crippen molar-refractivity contribution < 1.29 is 14.3 Å². The number of hydrogen-bond acceptors (Lipinski definition) is 8. The van der Waals surface area contributed by atoms with Crippen LogP contribution in [-0.4, -0.2) is 44.4 Å². The number of pyridine rings is 1. The van der Waals surface area contributed by atoms with Gasteiger partial charge in [0.05, 0.1) is 19.4 Å². The van der Waals surface area contributed by atoms with Gasteiger partial charge in [0.2, 0.25) is 0 Å². The summed E-state index contributed by atoms with van der Waals surface area (Å²) in [7, 11) is 1.66. The Morgan fingerprint density at radius 2 is 1.80 bits per heavy atom. The van der Waals surface area contributed by atoms with Crippen molar-refractivity contribution in [3.05, 3.63) is 102 Å². The second-order valence-electron chi connectivity index (χ2n) is 9.73. The van der Waals surface area contributed by atoms with Gasteiger partial charge in [-0.3, -0.25) is 9.78 Å². The molecule has 3 heterocycles. The monoisotopic (exact) mass is 547 g/mol. The summed E-state index contributed by atoms with van der Waals surface area (Å²) in [6, 6.07) is 17.2. The molecule has 0 aliphatic heterocycles. The Bertz CT molecular complexity index is 1680. The van der Waals surface area contributed by atoms with Gasteiger partial charge in [-0.2, -0.15) is 0 Å². The predicted molar refractivity (Wildman–Crippen MR) is 155 cm³/mol. The summed E-state index contributed by atoms with van der Waals surface area (Å²) in [5, 5.41) is 7.19. The molecule has 10 heteroatoms. The van der Waals surface area contributed by atoms with E-state index in [1.165, 1.54) is 15.8 Å². The number of nitrogen functional groups attached to an aromatic ring is 1. The van der Waals surface area contributed by atoms with Gasteiger partial charge in [-0.25, -0.2) is 14.6 Å². The molecule has 0 atom stereocenters. The molecule has 206 valence electrons. The second-order valence-corrected chi connectivity index (χ2v) is 9.73. The molecule has 1 aliphatic carbocycles. The van der Waals surface area contributed by atoms with Crippen molar-refractivity contribution in [2.24, 2.45) is 0 Å². The van der Waals surface area contributed by atoms with E-state index in [-0.39, 0.29) is 17.3 Å². The van der Waals surface area contributed by atoms with Gasteiger partial charge in [0.15, 0.2) is 5.82 Å². The number of nitrogens with two attached hydrogens (primary N) is 1. The van der Waals surface area contributed by atoms with E-state index in [9.17, 15) is 4.79 Å². The fourth-order valence-electron chi connectivity index (χ4n) is 4.84. The second kappa shape index (κ2) is 11.5. The Morgan fingerprint density at radius 1 is 1.02 bits per heavy atom. The maximum atomic E-state index is 13.0. The molecule has 3 N–H and O–H groups in total. The molecule has 0 saturated heterocycles. The quantitative estimate of drug-likeness (QED) is 0.255. The van der Waals surface area contributed by atoms with E-state index in [4.69, 9.17) is 20.2 Å². The zero-order valence-electron chi connectivity index (χ0n) is 22.6. The standard InChI is InChI=1S/C31H29N7O3/c1-40-25-10-11-26-21(17-25)4-5-22-18-34-31(36-28(22)26)38-19-27(29(32)37-38)30(39)35-23-6-8-24(9-7-23)41-16-2-3-20-12-14-33-15-13-20/h6-15,17-19H,2-5,16H2,1H3,(H2,32,37)(H,35,39). The third-order valence-corrected chi connectivity index (χ3v) is 7.02. The molecule has 1 amide bonds. The number of carbonyl (C=O) groups is 1. The number of aryl methyl sites for hydroxylation is 3. The van der Waals surface area contributed by atoms with E-state index >= 15 is 0 Å². The zero-order chi connectivity index (χ0) is 28.2. The fraction of sp³-hybridized carbons (Fsp3) is 0.194. The van der Waals surface area contributed by atoms with Crippen LogP contribution in [0.1, 0.15) is 33.5 Å². The van der Waals surface area contributed by atoms with Crippen molar-refractivity contribution in [2.45, 2.75) is 25.7 Å². The fourth-order valence-corrected chi connectivity index (χ4v) is 4.84. The summed E-state index contributed by atoms with van der Waals surface area (Å²) in [4.78, 5) is 26.3. The molecule has 2 aromatic carbocycles. The largest absolute Gasteiger partial charge is 0.497 e. The first-order valence-electron chi connectivity index (χ1n) is 13.4. The van der Waals surface area contributed by atoms with Gasteiger partial charge in [0, 0.05) is 36.0 Å². The summed E-state index contributed by atoms with van der Waals surface area (Å²) in [5.41, 5.74) is 12.3. The average molecular weight is 548 g/mol. The number of rotatable bonds is 9. The van der Waals surface area contributed by atoms with Gasteiger partial charge >= 0.3 is 0 Å². The number of nitrogens with one attached hydrogen (secondary N) is 1. The summed E-state index contributed by atoms with van der Waals surface area (Å²) >= 11 is 0. The highest BCUT2D eigenvalue weighted by Gasteiger charge is 2.21. The minimum atomic E-state index is -0.379. The molecule has 6 rings (SSSR count). The van der Waals surface area contributed by atoms with Crippen LogP contribution in [0.25, 0.3) is 17.2 Å². The lowest BCUT2D eigenvalue weighted by Gasteiger charge is -2.19. The Labute approximate surface area is 237 Å². The van der Waals surface area contributed by atoms with Crippen LogP contribution >= 0.6 is 0 Å². The van der Waals surface area contributed by atoms with Crippen LogP contribution in [0.3, 0.4) is 0 Å². The Balaban J connectivity index is 1.11. The summed E-state index contributed by atoms with van der Waals surface area (Å²) in [6.45, 7) is 0.592. The number of fused-ring (bicyclic) bond motifs is 3. The van der Waals surface area contributed by atoms with Crippen molar-refractivity contribution in [1.29, 1.82) is 0 Å².